The standard InChI is InChI=1S/C23H18F3N3O5S2/c1-33-14-5-2-12(3-6-14)16-11-35-22(28-16)29-19(30)10-34-20(31)9-18-21(32)27-15-8-13(23(24,25)26)4-7-17(15)36-18/h2-8,11,18H,9-10H2,1H3,(H,27,32)(H,28,29,30). The molecule has 1 unspecified atom stereocenters. The van der Waals surface area contributed by atoms with E-state index in [1.807, 2.05) is 12.1 Å². The number of aromatic nitrogens is 1. The average Bonchev–Trinajstić information content (AvgIpc) is 3.30. The Bertz CT molecular complexity index is 1290. The molecule has 0 saturated heterocycles. The van der Waals surface area contributed by atoms with Crippen LogP contribution in [-0.4, -0.2) is 41.7 Å². The van der Waals surface area contributed by atoms with E-state index in [-0.39, 0.29) is 12.1 Å². The SMILES string of the molecule is COc1ccc(-c2csc(NC(=O)COC(=O)CC3Sc4ccc(C(F)(F)F)cc4NC3=O)n2)cc1. The van der Waals surface area contributed by atoms with Gasteiger partial charge in [0.2, 0.25) is 5.91 Å². The van der Waals surface area contributed by atoms with Gasteiger partial charge in [0.25, 0.3) is 5.91 Å². The lowest BCUT2D eigenvalue weighted by molar-refractivity contribution is -0.147. The maximum Gasteiger partial charge on any atom is 0.416 e. The van der Waals surface area contributed by atoms with Crippen LogP contribution in [0.1, 0.15) is 12.0 Å². The number of ether oxygens (including phenoxy) is 2. The summed E-state index contributed by atoms with van der Waals surface area (Å²) in [6.07, 6.45) is -4.90. The van der Waals surface area contributed by atoms with Crippen LogP contribution in [0.3, 0.4) is 0 Å². The lowest BCUT2D eigenvalue weighted by Crippen LogP contribution is -2.32. The summed E-state index contributed by atoms with van der Waals surface area (Å²) in [5.74, 6) is -1.33. The second-order valence-corrected chi connectivity index (χ2v) is 9.59. The molecule has 36 heavy (non-hydrogen) atoms. The van der Waals surface area contributed by atoms with E-state index >= 15 is 0 Å². The number of carbonyl (C=O) groups is 3. The van der Waals surface area contributed by atoms with Crippen LogP contribution >= 0.6 is 23.1 Å². The zero-order chi connectivity index (χ0) is 25.9. The third-order valence-electron chi connectivity index (χ3n) is 4.98. The number of carbonyl (C=O) groups excluding carboxylic acids is 3. The van der Waals surface area contributed by atoms with E-state index in [0.29, 0.717) is 21.5 Å². The first-order valence-corrected chi connectivity index (χ1v) is 12.1. The number of benzene rings is 2. The maximum absolute atomic E-state index is 12.9. The Labute approximate surface area is 211 Å². The van der Waals surface area contributed by atoms with Gasteiger partial charge in [-0.15, -0.1) is 23.1 Å². The highest BCUT2D eigenvalue weighted by atomic mass is 32.2. The summed E-state index contributed by atoms with van der Waals surface area (Å²) in [5.41, 5.74) is 0.625. The van der Waals surface area contributed by atoms with Gasteiger partial charge in [0.05, 0.1) is 35.7 Å². The third kappa shape index (κ3) is 6.15. The van der Waals surface area contributed by atoms with Crippen molar-refractivity contribution in [2.45, 2.75) is 22.7 Å². The minimum Gasteiger partial charge on any atom is -0.497 e. The van der Waals surface area contributed by atoms with E-state index in [4.69, 9.17) is 9.47 Å². The summed E-state index contributed by atoms with van der Waals surface area (Å²) in [7, 11) is 1.57. The topological polar surface area (TPSA) is 107 Å². The molecule has 0 bridgehead atoms. The van der Waals surface area contributed by atoms with Gasteiger partial charge in [0.15, 0.2) is 11.7 Å². The lowest BCUT2D eigenvalue weighted by Gasteiger charge is -2.24. The molecule has 2 N–H and O–H groups in total. The van der Waals surface area contributed by atoms with Gasteiger partial charge < -0.3 is 14.8 Å². The van der Waals surface area contributed by atoms with Crippen LogP contribution in [0.4, 0.5) is 24.0 Å². The van der Waals surface area contributed by atoms with Crippen molar-refractivity contribution < 1.29 is 37.0 Å². The molecule has 3 aromatic rings. The fourth-order valence-electron chi connectivity index (χ4n) is 3.20. The molecule has 1 aromatic heterocycles. The second-order valence-electron chi connectivity index (χ2n) is 7.48. The molecule has 0 aliphatic carbocycles. The normalized spacial score (nSPS) is 15.0. The van der Waals surface area contributed by atoms with Crippen molar-refractivity contribution in [3.8, 4) is 17.0 Å². The molecule has 2 amide bonds. The van der Waals surface area contributed by atoms with Crippen LogP contribution in [0.5, 0.6) is 5.75 Å². The van der Waals surface area contributed by atoms with E-state index < -0.39 is 41.4 Å². The van der Waals surface area contributed by atoms with Gasteiger partial charge in [0.1, 0.15) is 5.75 Å². The number of nitrogens with zero attached hydrogens (tertiary/aromatic N) is 1. The van der Waals surface area contributed by atoms with E-state index in [0.717, 1.165) is 29.5 Å². The van der Waals surface area contributed by atoms with Gasteiger partial charge in [-0.2, -0.15) is 13.2 Å². The number of thioether (sulfide) groups is 1. The number of amides is 2. The van der Waals surface area contributed by atoms with Crippen LogP contribution in [0.2, 0.25) is 0 Å². The quantitative estimate of drug-likeness (QED) is 0.416. The number of alkyl halides is 3. The molecular weight excluding hydrogens is 519 g/mol. The van der Waals surface area contributed by atoms with E-state index in [1.165, 1.54) is 17.4 Å². The van der Waals surface area contributed by atoms with Gasteiger partial charge in [-0.1, -0.05) is 0 Å². The van der Waals surface area contributed by atoms with Gasteiger partial charge in [-0.3, -0.25) is 19.7 Å². The number of fused-ring (bicyclic) bond motifs is 1. The minimum absolute atomic E-state index is 0.0290. The smallest absolute Gasteiger partial charge is 0.416 e. The number of anilines is 2. The number of hydrogen-bond donors (Lipinski definition) is 2. The lowest BCUT2D eigenvalue weighted by atomic mass is 10.1. The predicted molar refractivity (Wildman–Crippen MR) is 128 cm³/mol. The highest BCUT2D eigenvalue weighted by Crippen LogP contribution is 2.40. The third-order valence-corrected chi connectivity index (χ3v) is 7.01. The summed E-state index contributed by atoms with van der Waals surface area (Å²) in [6.45, 7) is -0.583. The van der Waals surface area contributed by atoms with Crippen molar-refractivity contribution in [3.05, 3.63) is 53.4 Å². The van der Waals surface area contributed by atoms with Crippen LogP contribution < -0.4 is 15.4 Å². The fraction of sp³-hybridized carbons (Fsp3) is 0.217. The van der Waals surface area contributed by atoms with Crippen LogP contribution in [0.25, 0.3) is 11.3 Å². The van der Waals surface area contributed by atoms with Crippen molar-refractivity contribution in [1.82, 2.24) is 4.98 Å². The minimum atomic E-state index is -4.54. The number of methoxy groups -OCH3 is 1. The van der Waals surface area contributed by atoms with Crippen LogP contribution in [0.15, 0.2) is 52.7 Å². The molecular formula is C23H18F3N3O5S2. The number of esters is 1. The Morgan fingerprint density at radius 3 is 2.61 bits per heavy atom. The first-order chi connectivity index (χ1) is 17.1. The fourth-order valence-corrected chi connectivity index (χ4v) is 5.01. The number of rotatable bonds is 7. The van der Waals surface area contributed by atoms with Crippen LogP contribution in [-0.2, 0) is 25.3 Å². The Kier molecular flexibility index (Phi) is 7.50. The van der Waals surface area contributed by atoms with Gasteiger partial charge >= 0.3 is 12.1 Å². The summed E-state index contributed by atoms with van der Waals surface area (Å²) in [4.78, 5) is 41.3. The monoisotopic (exact) mass is 537 g/mol. The number of hydrogen-bond acceptors (Lipinski definition) is 8. The molecule has 0 fully saturated rings. The van der Waals surface area contributed by atoms with Crippen molar-refractivity contribution >= 4 is 51.7 Å². The first-order valence-electron chi connectivity index (χ1n) is 10.4. The van der Waals surface area contributed by atoms with E-state index in [2.05, 4.69) is 15.6 Å². The zero-order valence-corrected chi connectivity index (χ0v) is 20.2. The number of thiazole rings is 1. The number of nitrogens with one attached hydrogen (secondary N) is 2. The Hall–Kier alpha value is -3.58. The first kappa shape index (κ1) is 25.5. The zero-order valence-electron chi connectivity index (χ0n) is 18.5. The van der Waals surface area contributed by atoms with E-state index in [9.17, 15) is 27.6 Å². The summed E-state index contributed by atoms with van der Waals surface area (Å²) >= 11 is 2.16. The van der Waals surface area contributed by atoms with E-state index in [1.54, 1.807) is 24.6 Å². The summed E-state index contributed by atoms with van der Waals surface area (Å²) in [5, 5.41) is 6.10. The molecule has 2 aromatic carbocycles. The molecule has 1 aliphatic heterocycles. The van der Waals surface area contributed by atoms with Crippen molar-refractivity contribution in [2.24, 2.45) is 0 Å². The predicted octanol–water partition coefficient (Wildman–Crippen LogP) is 4.82. The highest BCUT2D eigenvalue weighted by molar-refractivity contribution is 8.01. The number of halogens is 3. The molecule has 0 spiro atoms. The molecule has 0 saturated carbocycles. The van der Waals surface area contributed by atoms with Crippen molar-refractivity contribution in [3.63, 3.8) is 0 Å². The molecule has 1 atom stereocenters. The molecule has 2 heterocycles. The molecule has 0 radical (unpaired) electrons. The van der Waals surface area contributed by atoms with Crippen molar-refractivity contribution in [2.75, 3.05) is 24.4 Å². The summed E-state index contributed by atoms with van der Waals surface area (Å²) in [6, 6.07) is 10.2. The summed E-state index contributed by atoms with van der Waals surface area (Å²) < 4.78 is 48.7. The molecule has 188 valence electrons. The maximum atomic E-state index is 12.9. The highest BCUT2D eigenvalue weighted by Gasteiger charge is 2.34. The van der Waals surface area contributed by atoms with Gasteiger partial charge in [-0.25, -0.2) is 4.98 Å². The molecule has 8 nitrogen and oxygen atoms in total. The molecule has 4 rings (SSSR count). The molecule has 1 aliphatic rings. The van der Waals surface area contributed by atoms with Gasteiger partial charge in [-0.05, 0) is 42.5 Å². The molecule has 13 heteroatoms. The average molecular weight is 538 g/mol. The largest absolute Gasteiger partial charge is 0.497 e. The Morgan fingerprint density at radius 2 is 1.92 bits per heavy atom. The van der Waals surface area contributed by atoms with Crippen LogP contribution in [0, 0.1) is 0 Å². The van der Waals surface area contributed by atoms with Crippen molar-refractivity contribution in [1.29, 1.82) is 0 Å². The van der Waals surface area contributed by atoms with Gasteiger partial charge in [0, 0.05) is 15.8 Å². The second kappa shape index (κ2) is 10.6. The Balaban J connectivity index is 1.27. The Morgan fingerprint density at radius 1 is 1.17 bits per heavy atom.